The summed E-state index contributed by atoms with van der Waals surface area (Å²) in [5, 5.41) is 0.825. The molecule has 0 aromatic heterocycles. The van der Waals surface area contributed by atoms with E-state index < -0.39 is 0 Å². The highest BCUT2D eigenvalue weighted by molar-refractivity contribution is 7.99. The Morgan fingerprint density at radius 2 is 1.79 bits per heavy atom. The normalized spacial score (nSPS) is 10.3. The van der Waals surface area contributed by atoms with Crippen LogP contribution >= 0.6 is 11.8 Å². The first-order valence-corrected chi connectivity index (χ1v) is 5.35. The third kappa shape index (κ3) is 1.93. The van der Waals surface area contributed by atoms with E-state index in [0.29, 0.717) is 0 Å². The van der Waals surface area contributed by atoms with Gasteiger partial charge in [-0.25, -0.2) is 9.97 Å². The lowest BCUT2D eigenvalue weighted by molar-refractivity contribution is 1.07. The van der Waals surface area contributed by atoms with Gasteiger partial charge in [-0.3, -0.25) is 0 Å². The van der Waals surface area contributed by atoms with Crippen molar-refractivity contribution in [3.05, 3.63) is 43.0 Å². The zero-order valence-corrected chi connectivity index (χ0v) is 8.50. The van der Waals surface area contributed by atoms with Gasteiger partial charge in [0.15, 0.2) is 5.16 Å². The van der Waals surface area contributed by atoms with Crippen molar-refractivity contribution in [2.45, 2.75) is 5.16 Å². The van der Waals surface area contributed by atoms with Gasteiger partial charge in [0.05, 0.1) is 11.4 Å². The lowest BCUT2D eigenvalue weighted by atomic mass is 10.3. The monoisotopic (exact) mass is 202 g/mol. The molecule has 2 aliphatic rings. The molecule has 0 amide bonds. The van der Waals surface area contributed by atoms with Crippen molar-refractivity contribution in [1.82, 2.24) is 9.97 Å². The Hall–Kier alpha value is -1.35. The molecule has 14 heavy (non-hydrogen) atoms. The van der Waals surface area contributed by atoms with E-state index in [1.165, 1.54) is 0 Å². The summed E-state index contributed by atoms with van der Waals surface area (Å²) < 4.78 is 0. The number of hydrogen-bond donors (Lipinski definition) is 0. The number of aromatic nitrogens is 2. The van der Waals surface area contributed by atoms with Gasteiger partial charge >= 0.3 is 0 Å². The molecule has 0 spiro atoms. The maximum Gasteiger partial charge on any atom is 0.189 e. The molecule has 70 valence electrons. The summed E-state index contributed by atoms with van der Waals surface area (Å²) in [5.74, 6) is 0.850. The summed E-state index contributed by atoms with van der Waals surface area (Å²) in [6.45, 7) is 3.66. The number of thioether (sulfide) groups is 1. The van der Waals surface area contributed by atoms with Gasteiger partial charge in [-0.1, -0.05) is 36.0 Å². The average Bonchev–Trinajstić information content (AvgIpc) is 2.46. The molecule has 0 saturated carbocycles. The standard InChI is InChI=1S/C11H10N2S/c1-2-8-14-11-12-9-6-4-3-5-7-10(9)13-11/h2-7H,1,8H2. The van der Waals surface area contributed by atoms with Gasteiger partial charge in [0.2, 0.25) is 0 Å². The Labute approximate surface area is 87.4 Å². The van der Waals surface area contributed by atoms with Crippen molar-refractivity contribution in [2.24, 2.45) is 0 Å². The molecule has 0 N–H and O–H groups in total. The second-order valence-electron chi connectivity index (χ2n) is 2.79. The zero-order chi connectivity index (χ0) is 9.80. The number of imidazole rings is 1. The van der Waals surface area contributed by atoms with Gasteiger partial charge < -0.3 is 0 Å². The predicted octanol–water partition coefficient (Wildman–Crippen LogP) is 2.86. The van der Waals surface area contributed by atoms with E-state index in [0.717, 1.165) is 22.3 Å². The summed E-state index contributed by atoms with van der Waals surface area (Å²) in [4.78, 5) is 8.79. The lowest BCUT2D eigenvalue weighted by Gasteiger charge is -1.85. The summed E-state index contributed by atoms with van der Waals surface area (Å²) in [6.07, 6.45) is 1.85. The molecular weight excluding hydrogens is 192 g/mol. The van der Waals surface area contributed by atoms with Crippen LogP contribution in [0, 0.1) is 0 Å². The molecule has 0 unspecified atom stereocenters. The molecule has 0 aromatic rings. The topological polar surface area (TPSA) is 25.8 Å². The Bertz CT molecular complexity index is 383. The van der Waals surface area contributed by atoms with Crippen molar-refractivity contribution < 1.29 is 0 Å². The van der Waals surface area contributed by atoms with Crippen LogP contribution in [0.25, 0.3) is 11.4 Å². The van der Waals surface area contributed by atoms with E-state index in [1.54, 1.807) is 11.8 Å². The highest BCUT2D eigenvalue weighted by atomic mass is 32.2. The number of hydrogen-bond acceptors (Lipinski definition) is 3. The fraction of sp³-hybridized carbons (Fsp3) is 0.0909. The quantitative estimate of drug-likeness (QED) is 0.565. The number of nitrogens with zero attached hydrogens (tertiary/aromatic N) is 2. The van der Waals surface area contributed by atoms with Crippen molar-refractivity contribution in [3.63, 3.8) is 0 Å². The van der Waals surface area contributed by atoms with Crippen LogP contribution in [0.2, 0.25) is 0 Å². The molecule has 0 atom stereocenters. The predicted molar refractivity (Wildman–Crippen MR) is 59.6 cm³/mol. The molecule has 1 aliphatic heterocycles. The molecule has 0 radical (unpaired) electrons. The largest absolute Gasteiger partial charge is 0.221 e. The van der Waals surface area contributed by atoms with Gasteiger partial charge in [0.1, 0.15) is 0 Å². The van der Waals surface area contributed by atoms with Crippen LogP contribution in [-0.2, 0) is 0 Å². The number of rotatable bonds is 3. The van der Waals surface area contributed by atoms with E-state index in [1.807, 2.05) is 36.4 Å². The molecule has 3 heteroatoms. The first kappa shape index (κ1) is 9.21. The van der Waals surface area contributed by atoms with Crippen molar-refractivity contribution in [3.8, 4) is 11.4 Å². The van der Waals surface area contributed by atoms with Crippen LogP contribution in [0.5, 0.6) is 0 Å². The summed E-state index contributed by atoms with van der Waals surface area (Å²) >= 11 is 1.60. The van der Waals surface area contributed by atoms with Gasteiger partial charge in [-0.05, 0) is 12.1 Å². The minimum Gasteiger partial charge on any atom is -0.221 e. The van der Waals surface area contributed by atoms with E-state index >= 15 is 0 Å². The molecule has 0 bridgehead atoms. The van der Waals surface area contributed by atoms with E-state index in [9.17, 15) is 0 Å². The minimum atomic E-state index is 0.825. The number of fused-ring (bicyclic) bond motifs is 1. The van der Waals surface area contributed by atoms with Crippen LogP contribution in [0.4, 0.5) is 0 Å². The van der Waals surface area contributed by atoms with E-state index in [4.69, 9.17) is 0 Å². The molecule has 2 nitrogen and oxygen atoms in total. The fourth-order valence-electron chi connectivity index (χ4n) is 1.15. The van der Waals surface area contributed by atoms with Crippen molar-refractivity contribution >= 4 is 11.8 Å². The smallest absolute Gasteiger partial charge is 0.189 e. The van der Waals surface area contributed by atoms with Gasteiger partial charge in [-0.2, -0.15) is 0 Å². The van der Waals surface area contributed by atoms with E-state index in [2.05, 4.69) is 16.5 Å². The highest BCUT2D eigenvalue weighted by Crippen LogP contribution is 2.22. The van der Waals surface area contributed by atoms with E-state index in [-0.39, 0.29) is 0 Å². The molecule has 1 aliphatic carbocycles. The van der Waals surface area contributed by atoms with Crippen LogP contribution in [0.1, 0.15) is 0 Å². The average molecular weight is 202 g/mol. The minimum absolute atomic E-state index is 0.825. The molecular formula is C11H10N2S. The molecule has 0 aromatic carbocycles. The second kappa shape index (κ2) is 4.24. The third-order valence-electron chi connectivity index (χ3n) is 1.76. The second-order valence-corrected chi connectivity index (χ2v) is 3.77. The SMILES string of the molecule is C=CCSc1nc2cccccc-2n1. The maximum absolute atomic E-state index is 4.39. The summed E-state index contributed by atoms with van der Waals surface area (Å²) in [6, 6.07) is 9.86. The van der Waals surface area contributed by atoms with Crippen LogP contribution in [0.15, 0.2) is 48.1 Å². The lowest BCUT2D eigenvalue weighted by Crippen LogP contribution is -1.74. The summed E-state index contributed by atoms with van der Waals surface area (Å²) in [7, 11) is 0. The highest BCUT2D eigenvalue weighted by Gasteiger charge is 2.07. The first-order chi connectivity index (χ1) is 6.90. The Morgan fingerprint density at radius 3 is 2.36 bits per heavy atom. The zero-order valence-electron chi connectivity index (χ0n) is 7.68. The Kier molecular flexibility index (Phi) is 2.79. The first-order valence-electron chi connectivity index (χ1n) is 4.36. The maximum atomic E-state index is 4.39. The molecule has 2 rings (SSSR count). The third-order valence-corrected chi connectivity index (χ3v) is 2.60. The molecule has 0 fully saturated rings. The van der Waals surface area contributed by atoms with Crippen molar-refractivity contribution in [2.75, 3.05) is 5.75 Å². The van der Waals surface area contributed by atoms with Crippen LogP contribution < -0.4 is 0 Å². The molecule has 1 heterocycles. The van der Waals surface area contributed by atoms with Crippen LogP contribution in [-0.4, -0.2) is 15.7 Å². The fourth-order valence-corrected chi connectivity index (χ4v) is 1.74. The summed E-state index contributed by atoms with van der Waals surface area (Å²) in [5.41, 5.74) is 1.89. The van der Waals surface area contributed by atoms with Crippen LogP contribution in [0.3, 0.4) is 0 Å². The van der Waals surface area contributed by atoms with Crippen molar-refractivity contribution in [1.29, 1.82) is 0 Å². The van der Waals surface area contributed by atoms with Gasteiger partial charge in [-0.15, -0.1) is 6.58 Å². The Morgan fingerprint density at radius 1 is 1.14 bits per heavy atom. The van der Waals surface area contributed by atoms with Gasteiger partial charge in [0.25, 0.3) is 0 Å². The molecule has 0 saturated heterocycles. The van der Waals surface area contributed by atoms with Gasteiger partial charge in [0, 0.05) is 5.75 Å². The Balaban J connectivity index is 2.33.